The lowest BCUT2D eigenvalue weighted by atomic mass is 9.89. The number of nitro groups is 1. The summed E-state index contributed by atoms with van der Waals surface area (Å²) in [7, 11) is 3.59. The Morgan fingerprint density at radius 3 is 2.58 bits per heavy atom. The number of benzene rings is 1. The predicted octanol–water partition coefficient (Wildman–Crippen LogP) is 2.61. The van der Waals surface area contributed by atoms with Gasteiger partial charge in [0.1, 0.15) is 11.4 Å². The van der Waals surface area contributed by atoms with Crippen LogP contribution in [-0.4, -0.2) is 34.7 Å². The lowest BCUT2D eigenvalue weighted by Crippen LogP contribution is -2.45. The first-order valence-corrected chi connectivity index (χ1v) is 7.69. The number of nitrogens with zero attached hydrogens (tertiary/aromatic N) is 4. The lowest BCUT2D eigenvalue weighted by molar-refractivity contribution is -0.385. The highest BCUT2D eigenvalue weighted by molar-refractivity contribution is 5.52. The average molecular weight is 334 g/mol. The molecule has 1 saturated heterocycles. The molecule has 24 heavy (non-hydrogen) atoms. The number of aromatic nitrogens is 2. The summed E-state index contributed by atoms with van der Waals surface area (Å²) in [6.07, 6.45) is 4.92. The van der Waals surface area contributed by atoms with E-state index in [0.717, 1.165) is 11.9 Å². The molecule has 0 N–H and O–H groups in total. The SMILES string of the molecule is COC1(c2nccn2C)CCN(c2ccc([N+](=O)[O-])cc2F)CC1. The van der Waals surface area contributed by atoms with Crippen LogP contribution < -0.4 is 4.90 Å². The number of non-ortho nitro benzene ring substituents is 1. The number of hydrogen-bond acceptors (Lipinski definition) is 5. The maximum atomic E-state index is 14.2. The Morgan fingerprint density at radius 1 is 1.38 bits per heavy atom. The van der Waals surface area contributed by atoms with E-state index in [1.807, 2.05) is 22.7 Å². The molecule has 0 atom stereocenters. The molecule has 1 aliphatic heterocycles. The molecule has 1 aliphatic rings. The fourth-order valence-corrected chi connectivity index (χ4v) is 3.30. The van der Waals surface area contributed by atoms with Gasteiger partial charge in [0.2, 0.25) is 0 Å². The van der Waals surface area contributed by atoms with E-state index in [9.17, 15) is 14.5 Å². The Balaban J connectivity index is 1.80. The van der Waals surface area contributed by atoms with Crippen LogP contribution in [0, 0.1) is 15.9 Å². The number of piperidine rings is 1. The molecule has 0 amide bonds. The van der Waals surface area contributed by atoms with Crippen molar-refractivity contribution in [2.75, 3.05) is 25.1 Å². The number of methoxy groups -OCH3 is 1. The van der Waals surface area contributed by atoms with Crippen molar-refractivity contribution >= 4 is 11.4 Å². The number of ether oxygens (including phenoxy) is 1. The summed E-state index contributed by atoms with van der Waals surface area (Å²) in [6.45, 7) is 1.16. The van der Waals surface area contributed by atoms with E-state index in [2.05, 4.69) is 4.98 Å². The number of imidazole rings is 1. The first kappa shape index (κ1) is 16.4. The molecule has 0 unspecified atom stereocenters. The quantitative estimate of drug-likeness (QED) is 0.635. The van der Waals surface area contributed by atoms with Gasteiger partial charge in [-0.05, 0) is 6.07 Å². The maximum absolute atomic E-state index is 14.2. The van der Waals surface area contributed by atoms with Gasteiger partial charge in [0.15, 0.2) is 5.82 Å². The van der Waals surface area contributed by atoms with E-state index in [0.29, 0.717) is 31.6 Å². The van der Waals surface area contributed by atoms with Crippen molar-refractivity contribution in [1.82, 2.24) is 9.55 Å². The molecule has 2 heterocycles. The summed E-state index contributed by atoms with van der Waals surface area (Å²) >= 11 is 0. The van der Waals surface area contributed by atoms with E-state index in [-0.39, 0.29) is 5.69 Å². The van der Waals surface area contributed by atoms with Crippen LogP contribution in [-0.2, 0) is 17.4 Å². The molecule has 1 aromatic heterocycles. The summed E-state index contributed by atoms with van der Waals surface area (Å²) in [5.74, 6) is 0.278. The molecule has 2 aromatic rings. The van der Waals surface area contributed by atoms with Crippen LogP contribution in [0.4, 0.5) is 15.8 Å². The zero-order valence-electron chi connectivity index (χ0n) is 13.6. The van der Waals surface area contributed by atoms with Crippen LogP contribution in [0.5, 0.6) is 0 Å². The fraction of sp³-hybridized carbons (Fsp3) is 0.438. The van der Waals surface area contributed by atoms with Crippen molar-refractivity contribution < 1.29 is 14.1 Å². The molecule has 0 saturated carbocycles. The Labute approximate surface area is 138 Å². The van der Waals surface area contributed by atoms with Gasteiger partial charge in [-0.1, -0.05) is 0 Å². The summed E-state index contributed by atoms with van der Waals surface area (Å²) in [6, 6.07) is 3.76. The van der Waals surface area contributed by atoms with Crippen LogP contribution in [0.2, 0.25) is 0 Å². The number of anilines is 1. The third kappa shape index (κ3) is 2.73. The molecular weight excluding hydrogens is 315 g/mol. The van der Waals surface area contributed by atoms with Crippen molar-refractivity contribution in [1.29, 1.82) is 0 Å². The first-order valence-electron chi connectivity index (χ1n) is 7.69. The van der Waals surface area contributed by atoms with E-state index >= 15 is 0 Å². The van der Waals surface area contributed by atoms with Crippen LogP contribution in [0.15, 0.2) is 30.6 Å². The third-order valence-electron chi connectivity index (χ3n) is 4.67. The fourth-order valence-electron chi connectivity index (χ4n) is 3.30. The van der Waals surface area contributed by atoms with Gasteiger partial charge in [0, 0.05) is 58.5 Å². The maximum Gasteiger partial charge on any atom is 0.272 e. The molecule has 7 nitrogen and oxygen atoms in total. The number of nitro benzene ring substituents is 1. The van der Waals surface area contributed by atoms with E-state index in [4.69, 9.17) is 4.74 Å². The van der Waals surface area contributed by atoms with Crippen molar-refractivity contribution in [3.05, 3.63) is 52.3 Å². The number of halogens is 1. The van der Waals surface area contributed by atoms with Gasteiger partial charge in [-0.2, -0.15) is 0 Å². The van der Waals surface area contributed by atoms with Crippen molar-refractivity contribution in [2.24, 2.45) is 7.05 Å². The lowest BCUT2D eigenvalue weighted by Gasteiger charge is -2.41. The minimum absolute atomic E-state index is 0.243. The van der Waals surface area contributed by atoms with Crippen LogP contribution >= 0.6 is 0 Å². The average Bonchev–Trinajstić information content (AvgIpc) is 3.01. The summed E-state index contributed by atoms with van der Waals surface area (Å²) < 4.78 is 21.9. The normalized spacial score (nSPS) is 17.0. The van der Waals surface area contributed by atoms with Gasteiger partial charge in [0.25, 0.3) is 5.69 Å². The highest BCUT2D eigenvalue weighted by Gasteiger charge is 2.40. The van der Waals surface area contributed by atoms with Gasteiger partial charge in [-0.15, -0.1) is 0 Å². The van der Waals surface area contributed by atoms with Gasteiger partial charge in [-0.25, -0.2) is 9.37 Å². The van der Waals surface area contributed by atoms with E-state index in [1.54, 1.807) is 13.3 Å². The summed E-state index contributed by atoms with van der Waals surface area (Å²) in [4.78, 5) is 16.4. The second-order valence-electron chi connectivity index (χ2n) is 5.94. The van der Waals surface area contributed by atoms with Crippen LogP contribution in [0.1, 0.15) is 18.7 Å². The zero-order valence-corrected chi connectivity index (χ0v) is 13.6. The van der Waals surface area contributed by atoms with Crippen molar-refractivity contribution in [3.63, 3.8) is 0 Å². The molecule has 0 bridgehead atoms. The van der Waals surface area contributed by atoms with Crippen molar-refractivity contribution in [2.45, 2.75) is 18.4 Å². The summed E-state index contributed by atoms with van der Waals surface area (Å²) in [5.41, 5.74) is -0.357. The number of aryl methyl sites for hydroxylation is 1. The molecule has 1 fully saturated rings. The molecule has 0 aliphatic carbocycles. The second-order valence-corrected chi connectivity index (χ2v) is 5.94. The molecule has 8 heteroatoms. The van der Waals surface area contributed by atoms with Gasteiger partial charge in [-0.3, -0.25) is 10.1 Å². The van der Waals surface area contributed by atoms with Crippen LogP contribution in [0.3, 0.4) is 0 Å². The van der Waals surface area contributed by atoms with Gasteiger partial charge in [0.05, 0.1) is 16.7 Å². The Bertz CT molecular complexity index is 754. The van der Waals surface area contributed by atoms with Crippen LogP contribution in [0.25, 0.3) is 0 Å². The standard InChI is InChI=1S/C16H19FN4O3/c1-19-10-7-18-15(19)16(24-2)5-8-20(9-6-16)14-4-3-12(21(22)23)11-13(14)17/h3-4,7,10-11H,5-6,8-9H2,1-2H3. The monoisotopic (exact) mass is 334 g/mol. The molecule has 128 valence electrons. The topological polar surface area (TPSA) is 73.4 Å². The zero-order chi connectivity index (χ0) is 17.3. The minimum atomic E-state index is -0.597. The Morgan fingerprint density at radius 2 is 2.08 bits per heavy atom. The van der Waals surface area contributed by atoms with E-state index in [1.165, 1.54) is 12.1 Å². The first-order chi connectivity index (χ1) is 11.5. The van der Waals surface area contributed by atoms with Crippen molar-refractivity contribution in [3.8, 4) is 0 Å². The highest BCUT2D eigenvalue weighted by atomic mass is 19.1. The largest absolute Gasteiger partial charge is 0.370 e. The molecule has 1 aromatic carbocycles. The highest BCUT2D eigenvalue weighted by Crippen LogP contribution is 2.37. The summed E-state index contributed by atoms with van der Waals surface area (Å²) in [5, 5.41) is 10.7. The predicted molar refractivity (Wildman–Crippen MR) is 86.4 cm³/mol. The number of rotatable bonds is 4. The van der Waals surface area contributed by atoms with E-state index < -0.39 is 16.3 Å². The molecule has 0 spiro atoms. The molecular formula is C16H19FN4O3. The Hall–Kier alpha value is -2.48. The van der Waals surface area contributed by atoms with Gasteiger partial charge >= 0.3 is 0 Å². The third-order valence-corrected chi connectivity index (χ3v) is 4.67. The number of hydrogen-bond donors (Lipinski definition) is 0. The smallest absolute Gasteiger partial charge is 0.272 e. The second kappa shape index (κ2) is 6.20. The minimum Gasteiger partial charge on any atom is -0.370 e. The molecule has 3 rings (SSSR count). The Kier molecular flexibility index (Phi) is 4.23. The van der Waals surface area contributed by atoms with Gasteiger partial charge < -0.3 is 14.2 Å². The molecule has 0 radical (unpaired) electrons.